The molecule has 0 bridgehead atoms. The molecular weight excluding hydrogens is 404 g/mol. The number of ether oxygens (including phenoxy) is 1. The van der Waals surface area contributed by atoms with Gasteiger partial charge in [0.1, 0.15) is 5.82 Å². The molecule has 1 unspecified atom stereocenters. The number of likely N-dealkylation sites (tertiary alicyclic amines) is 1. The summed E-state index contributed by atoms with van der Waals surface area (Å²) in [7, 11) is -1.66. The minimum Gasteiger partial charge on any atom is -0.379 e. The number of sulfonamides is 1. The second kappa shape index (κ2) is 7.62. The maximum atomic E-state index is 12.9. The summed E-state index contributed by atoms with van der Waals surface area (Å²) in [5.74, 6) is 0.923. The Kier molecular flexibility index (Phi) is 5.40. The van der Waals surface area contributed by atoms with E-state index in [0.29, 0.717) is 44.7 Å². The number of morpholine rings is 1. The molecule has 1 atom stereocenters. The molecule has 2 aromatic rings. The van der Waals surface area contributed by atoms with Gasteiger partial charge in [-0.2, -0.15) is 4.31 Å². The van der Waals surface area contributed by atoms with Gasteiger partial charge in [-0.15, -0.1) is 0 Å². The van der Waals surface area contributed by atoms with Crippen LogP contribution in [0.15, 0.2) is 23.1 Å². The van der Waals surface area contributed by atoms with Crippen LogP contribution in [-0.2, 0) is 33.0 Å². The summed E-state index contributed by atoms with van der Waals surface area (Å²) in [5, 5.41) is 0. The number of hydrogen-bond acceptors (Lipinski definition) is 5. The number of hydrogen-bond donors (Lipinski definition) is 0. The van der Waals surface area contributed by atoms with Crippen molar-refractivity contribution in [2.24, 2.45) is 7.05 Å². The minimum absolute atomic E-state index is 0.0778. The van der Waals surface area contributed by atoms with Gasteiger partial charge < -0.3 is 14.2 Å². The topological polar surface area (TPSA) is 84.7 Å². The summed E-state index contributed by atoms with van der Waals surface area (Å²) < 4.78 is 34.5. The van der Waals surface area contributed by atoms with Gasteiger partial charge >= 0.3 is 0 Å². The Labute approximate surface area is 177 Å². The maximum absolute atomic E-state index is 12.9. The van der Waals surface area contributed by atoms with E-state index in [1.165, 1.54) is 4.31 Å². The van der Waals surface area contributed by atoms with Gasteiger partial charge in [0.25, 0.3) is 0 Å². The maximum Gasteiger partial charge on any atom is 0.243 e. The van der Waals surface area contributed by atoms with Crippen molar-refractivity contribution in [3.63, 3.8) is 0 Å². The molecule has 164 valence electrons. The van der Waals surface area contributed by atoms with Crippen molar-refractivity contribution in [3.8, 4) is 0 Å². The zero-order valence-electron chi connectivity index (χ0n) is 18.1. The second-order valence-corrected chi connectivity index (χ2v) is 10.8. The van der Waals surface area contributed by atoms with E-state index in [4.69, 9.17) is 4.74 Å². The third-order valence-electron chi connectivity index (χ3n) is 6.27. The average Bonchev–Trinajstić information content (AvgIpc) is 3.01. The van der Waals surface area contributed by atoms with Crippen molar-refractivity contribution in [2.75, 3.05) is 26.3 Å². The van der Waals surface area contributed by atoms with E-state index in [1.807, 2.05) is 16.5 Å². The number of carbonyl (C=O) groups is 1. The molecule has 0 aliphatic carbocycles. The number of aryl methyl sites for hydroxylation is 2. The first-order valence-corrected chi connectivity index (χ1v) is 11.9. The molecule has 1 amide bonds. The highest BCUT2D eigenvalue weighted by atomic mass is 32.2. The zero-order chi connectivity index (χ0) is 21.7. The lowest BCUT2D eigenvalue weighted by atomic mass is 9.82. The summed E-state index contributed by atoms with van der Waals surface area (Å²) in [6.45, 7) is 7.81. The Hall–Kier alpha value is -1.97. The fourth-order valence-electron chi connectivity index (χ4n) is 4.87. The third kappa shape index (κ3) is 3.63. The number of aromatic nitrogens is 2. The number of rotatable bonds is 5. The fraction of sp³-hybridized carbons (Fsp3) is 0.619. The predicted octanol–water partition coefficient (Wildman–Crippen LogP) is 1.93. The van der Waals surface area contributed by atoms with E-state index in [9.17, 15) is 13.2 Å². The Balaban J connectivity index is 1.53. The lowest BCUT2D eigenvalue weighted by molar-refractivity contribution is -0.151. The SMILES string of the molecule is CC1CC(C)(C)N1C(=O)CCc1nc2cc(S(=O)(=O)N3CCOCC3)ccc2n1C. The van der Waals surface area contributed by atoms with E-state index < -0.39 is 10.0 Å². The smallest absolute Gasteiger partial charge is 0.243 e. The van der Waals surface area contributed by atoms with Gasteiger partial charge in [0.05, 0.1) is 29.1 Å². The fourth-order valence-corrected chi connectivity index (χ4v) is 6.30. The van der Waals surface area contributed by atoms with E-state index in [-0.39, 0.29) is 22.4 Å². The first-order chi connectivity index (χ1) is 14.1. The second-order valence-electron chi connectivity index (χ2n) is 8.88. The molecule has 0 radical (unpaired) electrons. The van der Waals surface area contributed by atoms with Crippen LogP contribution in [0.4, 0.5) is 0 Å². The van der Waals surface area contributed by atoms with Crippen LogP contribution in [0.5, 0.6) is 0 Å². The lowest BCUT2D eigenvalue weighted by Gasteiger charge is -2.54. The molecule has 30 heavy (non-hydrogen) atoms. The first-order valence-electron chi connectivity index (χ1n) is 10.5. The Morgan fingerprint density at radius 3 is 2.60 bits per heavy atom. The standard InChI is InChI=1S/C21H30N4O4S/c1-15-14-21(2,3)25(15)20(26)8-7-19-22-17-13-16(5-6-18(17)23(19)4)30(27,28)24-9-11-29-12-10-24/h5-6,13,15H,7-12,14H2,1-4H3. The van der Waals surface area contributed by atoms with Crippen LogP contribution in [0, 0.1) is 0 Å². The van der Waals surface area contributed by atoms with Gasteiger partial charge in [-0.1, -0.05) is 0 Å². The third-order valence-corrected chi connectivity index (χ3v) is 8.17. The van der Waals surface area contributed by atoms with Crippen molar-refractivity contribution in [3.05, 3.63) is 24.0 Å². The van der Waals surface area contributed by atoms with Gasteiger partial charge in [-0.25, -0.2) is 13.4 Å². The summed E-state index contributed by atoms with van der Waals surface area (Å²) in [6, 6.07) is 5.34. The van der Waals surface area contributed by atoms with E-state index in [0.717, 1.165) is 17.8 Å². The van der Waals surface area contributed by atoms with Gasteiger partial charge in [0.15, 0.2) is 0 Å². The van der Waals surface area contributed by atoms with Crippen molar-refractivity contribution in [1.82, 2.24) is 18.8 Å². The van der Waals surface area contributed by atoms with Crippen molar-refractivity contribution < 1.29 is 17.9 Å². The number of nitrogens with zero attached hydrogens (tertiary/aromatic N) is 4. The van der Waals surface area contributed by atoms with E-state index >= 15 is 0 Å². The molecule has 2 saturated heterocycles. The van der Waals surface area contributed by atoms with Crippen molar-refractivity contribution in [1.29, 1.82) is 0 Å². The van der Waals surface area contributed by atoms with Crippen LogP contribution < -0.4 is 0 Å². The quantitative estimate of drug-likeness (QED) is 0.718. The summed E-state index contributed by atoms with van der Waals surface area (Å²) in [4.78, 5) is 19.6. The largest absolute Gasteiger partial charge is 0.379 e. The molecule has 0 saturated carbocycles. The molecule has 2 aliphatic rings. The Morgan fingerprint density at radius 2 is 1.97 bits per heavy atom. The van der Waals surface area contributed by atoms with E-state index in [1.54, 1.807) is 18.2 Å². The highest BCUT2D eigenvalue weighted by molar-refractivity contribution is 7.89. The molecule has 1 aromatic heterocycles. The summed E-state index contributed by atoms with van der Waals surface area (Å²) >= 11 is 0. The van der Waals surface area contributed by atoms with Crippen LogP contribution in [0.2, 0.25) is 0 Å². The zero-order valence-corrected chi connectivity index (χ0v) is 18.9. The number of imidazole rings is 1. The highest BCUT2D eigenvalue weighted by Gasteiger charge is 2.44. The molecule has 1 aromatic carbocycles. The first kappa shape index (κ1) is 21.3. The van der Waals surface area contributed by atoms with Crippen LogP contribution in [-0.4, -0.2) is 71.0 Å². The average molecular weight is 435 g/mol. The summed E-state index contributed by atoms with van der Waals surface area (Å²) in [6.07, 6.45) is 1.93. The van der Waals surface area contributed by atoms with Gasteiger partial charge in [0, 0.05) is 44.6 Å². The molecule has 0 N–H and O–H groups in total. The highest BCUT2D eigenvalue weighted by Crippen LogP contribution is 2.36. The van der Waals surface area contributed by atoms with Crippen LogP contribution in [0.3, 0.4) is 0 Å². The molecule has 9 heteroatoms. The van der Waals surface area contributed by atoms with Gasteiger partial charge in [-0.05, 0) is 45.4 Å². The minimum atomic E-state index is -3.57. The number of amides is 1. The molecule has 4 rings (SSSR count). The van der Waals surface area contributed by atoms with Crippen LogP contribution >= 0.6 is 0 Å². The number of fused-ring (bicyclic) bond motifs is 1. The summed E-state index contributed by atoms with van der Waals surface area (Å²) in [5.41, 5.74) is 1.41. The lowest BCUT2D eigenvalue weighted by Crippen LogP contribution is -2.63. The number of carbonyl (C=O) groups excluding carboxylic acids is 1. The van der Waals surface area contributed by atoms with E-state index in [2.05, 4.69) is 25.8 Å². The van der Waals surface area contributed by atoms with Gasteiger partial charge in [-0.3, -0.25) is 4.79 Å². The normalized spacial score (nSPS) is 22.3. The molecular formula is C21H30N4O4S. The molecule has 2 fully saturated rings. The number of benzene rings is 1. The Morgan fingerprint density at radius 1 is 1.27 bits per heavy atom. The molecule has 8 nitrogen and oxygen atoms in total. The van der Waals surface area contributed by atoms with Crippen LogP contribution in [0.1, 0.15) is 39.4 Å². The monoisotopic (exact) mass is 434 g/mol. The van der Waals surface area contributed by atoms with Gasteiger partial charge in [0.2, 0.25) is 15.9 Å². The molecule has 3 heterocycles. The molecule has 2 aliphatic heterocycles. The van der Waals surface area contributed by atoms with Crippen molar-refractivity contribution in [2.45, 2.75) is 56.5 Å². The Bertz CT molecular complexity index is 1070. The molecule has 0 spiro atoms. The van der Waals surface area contributed by atoms with Crippen LogP contribution in [0.25, 0.3) is 11.0 Å². The van der Waals surface area contributed by atoms with Crippen molar-refractivity contribution >= 4 is 27.0 Å². The predicted molar refractivity (Wildman–Crippen MR) is 114 cm³/mol.